The van der Waals surface area contributed by atoms with Gasteiger partial charge in [-0.15, -0.1) is 0 Å². The fraction of sp³-hybridized carbons (Fsp3) is 0.548. The van der Waals surface area contributed by atoms with Crippen LogP contribution in [0.5, 0.6) is 11.5 Å². The van der Waals surface area contributed by atoms with Crippen LogP contribution in [0.4, 0.5) is 0 Å². The number of phenolic OH excluding ortho intramolecular Hbond substituents is 2. The van der Waals surface area contributed by atoms with Crippen molar-refractivity contribution in [3.8, 4) is 11.5 Å². The lowest BCUT2D eigenvalue weighted by atomic mass is 9.95. The average molecular weight is 481 g/mol. The van der Waals surface area contributed by atoms with Gasteiger partial charge in [0.15, 0.2) is 11.6 Å². The summed E-state index contributed by atoms with van der Waals surface area (Å²) < 4.78 is 0. The molecule has 0 heterocycles. The van der Waals surface area contributed by atoms with Crippen molar-refractivity contribution in [3.63, 3.8) is 0 Å². The zero-order valence-electron chi connectivity index (χ0n) is 21.6. The minimum Gasteiger partial charge on any atom is -0.507 e. The molecule has 0 atom stereocenters. The zero-order chi connectivity index (χ0) is 25.3. The summed E-state index contributed by atoms with van der Waals surface area (Å²) in [4.78, 5) is 25.4. The summed E-state index contributed by atoms with van der Waals surface area (Å²) in [6.07, 6.45) is 19.0. The van der Waals surface area contributed by atoms with Gasteiger partial charge in [-0.05, 0) is 18.6 Å². The summed E-state index contributed by atoms with van der Waals surface area (Å²) in [7, 11) is 0. The molecule has 0 bridgehead atoms. The van der Waals surface area contributed by atoms with Crippen molar-refractivity contribution in [1.29, 1.82) is 0 Å². The lowest BCUT2D eigenvalue weighted by Gasteiger charge is -2.11. The number of hydrogen-bond donors (Lipinski definition) is 2. The molecule has 0 spiro atoms. The van der Waals surface area contributed by atoms with Gasteiger partial charge in [0, 0.05) is 12.0 Å². The second-order valence-corrected chi connectivity index (χ2v) is 9.67. The van der Waals surface area contributed by atoms with E-state index in [1.54, 1.807) is 30.3 Å². The Morgan fingerprint density at radius 1 is 0.629 bits per heavy atom. The number of benzene rings is 2. The summed E-state index contributed by atoms with van der Waals surface area (Å²) in [5.41, 5.74) is 0.320. The predicted molar refractivity (Wildman–Crippen MR) is 144 cm³/mol. The maximum absolute atomic E-state index is 12.7. The van der Waals surface area contributed by atoms with Crippen LogP contribution in [0.2, 0.25) is 0 Å². The van der Waals surface area contributed by atoms with Crippen molar-refractivity contribution in [3.05, 3.63) is 59.2 Å². The lowest BCUT2D eigenvalue weighted by molar-refractivity contribution is 0.0973. The fourth-order valence-electron chi connectivity index (χ4n) is 4.57. The smallest absolute Gasteiger partial charge is 0.196 e. The highest BCUT2D eigenvalue weighted by Crippen LogP contribution is 2.33. The fourth-order valence-corrected chi connectivity index (χ4v) is 4.57. The third-order valence-electron chi connectivity index (χ3n) is 6.72. The molecule has 0 radical (unpaired) electrons. The highest BCUT2D eigenvalue weighted by Gasteiger charge is 2.23. The minimum absolute atomic E-state index is 0.0360. The number of hydrogen-bond acceptors (Lipinski definition) is 4. The quantitative estimate of drug-likeness (QED) is 0.156. The molecule has 4 heteroatoms. The highest BCUT2D eigenvalue weighted by atomic mass is 16.3. The molecule has 2 rings (SSSR count). The third-order valence-corrected chi connectivity index (χ3v) is 6.72. The Morgan fingerprint density at radius 3 is 1.63 bits per heavy atom. The maximum atomic E-state index is 12.7. The van der Waals surface area contributed by atoms with E-state index in [0.717, 1.165) is 12.8 Å². The van der Waals surface area contributed by atoms with Gasteiger partial charge in [0.1, 0.15) is 17.1 Å². The van der Waals surface area contributed by atoms with Crippen LogP contribution in [0.1, 0.15) is 136 Å². The normalized spacial score (nSPS) is 11.0. The molecule has 0 aliphatic rings. The molecular weight excluding hydrogens is 436 g/mol. The Balaban J connectivity index is 1.62. The zero-order valence-corrected chi connectivity index (χ0v) is 21.6. The van der Waals surface area contributed by atoms with E-state index in [1.165, 1.54) is 89.2 Å². The second kappa shape index (κ2) is 16.9. The molecule has 192 valence electrons. The first kappa shape index (κ1) is 28.6. The van der Waals surface area contributed by atoms with Crippen molar-refractivity contribution in [2.45, 2.75) is 110 Å². The third kappa shape index (κ3) is 10.3. The van der Waals surface area contributed by atoms with Crippen LogP contribution < -0.4 is 0 Å². The van der Waals surface area contributed by atoms with Gasteiger partial charge in [-0.2, -0.15) is 0 Å². The summed E-state index contributed by atoms with van der Waals surface area (Å²) in [6.45, 7) is 2.26. The predicted octanol–water partition coefficient (Wildman–Crippen LogP) is 8.77. The number of rotatable bonds is 19. The van der Waals surface area contributed by atoms with Crippen molar-refractivity contribution in [2.24, 2.45) is 0 Å². The Labute approximate surface area is 211 Å². The first-order valence-corrected chi connectivity index (χ1v) is 13.7. The van der Waals surface area contributed by atoms with Crippen molar-refractivity contribution in [1.82, 2.24) is 0 Å². The van der Waals surface area contributed by atoms with Crippen LogP contribution in [-0.4, -0.2) is 21.8 Å². The largest absolute Gasteiger partial charge is 0.507 e. The maximum Gasteiger partial charge on any atom is 0.196 e. The molecule has 0 saturated heterocycles. The Hall–Kier alpha value is -2.62. The first-order chi connectivity index (χ1) is 17.1. The topological polar surface area (TPSA) is 74.6 Å². The van der Waals surface area contributed by atoms with Crippen LogP contribution in [0.3, 0.4) is 0 Å². The summed E-state index contributed by atoms with van der Waals surface area (Å²) in [5.74, 6) is -1.40. The van der Waals surface area contributed by atoms with Gasteiger partial charge in [-0.3, -0.25) is 9.59 Å². The molecule has 0 aliphatic heterocycles. The van der Waals surface area contributed by atoms with Crippen LogP contribution in [0.25, 0.3) is 0 Å². The van der Waals surface area contributed by atoms with Gasteiger partial charge in [0.2, 0.25) is 0 Å². The molecule has 2 aromatic rings. The van der Waals surface area contributed by atoms with E-state index < -0.39 is 5.75 Å². The summed E-state index contributed by atoms with van der Waals surface area (Å²) in [6, 6.07) is 11.3. The van der Waals surface area contributed by atoms with Gasteiger partial charge < -0.3 is 10.2 Å². The number of unbranched alkanes of at least 4 members (excludes halogenated alkanes) is 14. The molecule has 35 heavy (non-hydrogen) atoms. The van der Waals surface area contributed by atoms with Crippen LogP contribution in [0.15, 0.2) is 42.5 Å². The van der Waals surface area contributed by atoms with Crippen molar-refractivity contribution in [2.75, 3.05) is 0 Å². The highest BCUT2D eigenvalue weighted by molar-refractivity contribution is 6.13. The number of carbonyl (C=O) groups excluding carboxylic acids is 2. The Kier molecular flexibility index (Phi) is 13.8. The average Bonchev–Trinajstić information content (AvgIpc) is 2.86. The number of phenols is 2. The van der Waals surface area contributed by atoms with Crippen molar-refractivity contribution >= 4 is 11.6 Å². The van der Waals surface area contributed by atoms with E-state index in [4.69, 9.17) is 0 Å². The molecular formula is C31H44O4. The van der Waals surface area contributed by atoms with Crippen LogP contribution in [-0.2, 0) is 0 Å². The second-order valence-electron chi connectivity index (χ2n) is 9.67. The molecule has 0 unspecified atom stereocenters. The molecule has 0 saturated carbocycles. The SMILES string of the molecule is CCCCCCCCCCCCCCCCCC(=O)c1c(O)ccc(C(=O)c2ccccc2)c1O. The van der Waals surface area contributed by atoms with Crippen molar-refractivity contribution < 1.29 is 19.8 Å². The molecule has 0 aromatic heterocycles. The van der Waals surface area contributed by atoms with E-state index in [-0.39, 0.29) is 34.9 Å². The molecule has 0 aliphatic carbocycles. The van der Waals surface area contributed by atoms with Gasteiger partial charge >= 0.3 is 0 Å². The molecule has 0 fully saturated rings. The Morgan fingerprint density at radius 2 is 1.11 bits per heavy atom. The number of aromatic hydroxyl groups is 2. The minimum atomic E-state index is -0.426. The Bertz CT molecular complexity index is 888. The van der Waals surface area contributed by atoms with E-state index in [0.29, 0.717) is 12.0 Å². The van der Waals surface area contributed by atoms with E-state index in [1.807, 2.05) is 0 Å². The summed E-state index contributed by atoms with van der Waals surface area (Å²) >= 11 is 0. The standard InChI is InChI=1S/C31H44O4/c1-2-3-4-5-6-7-8-9-10-11-12-13-14-15-19-22-27(32)29-28(33)24-23-26(31(29)35)30(34)25-20-17-16-18-21-25/h16-18,20-21,23-24,33,35H,2-15,19,22H2,1H3. The number of carbonyl (C=O) groups is 2. The van der Waals surface area contributed by atoms with Gasteiger partial charge in [0.25, 0.3) is 0 Å². The van der Waals surface area contributed by atoms with E-state index in [2.05, 4.69) is 6.92 Å². The lowest BCUT2D eigenvalue weighted by Crippen LogP contribution is -2.06. The van der Waals surface area contributed by atoms with Gasteiger partial charge in [0.05, 0.1) is 5.56 Å². The molecule has 4 nitrogen and oxygen atoms in total. The van der Waals surface area contributed by atoms with Gasteiger partial charge in [-0.25, -0.2) is 0 Å². The van der Waals surface area contributed by atoms with E-state index in [9.17, 15) is 19.8 Å². The molecule has 2 N–H and O–H groups in total. The van der Waals surface area contributed by atoms with E-state index >= 15 is 0 Å². The first-order valence-electron chi connectivity index (χ1n) is 13.7. The number of Topliss-reactive ketones (excluding diaryl/α,β-unsaturated/α-hetero) is 1. The van der Waals surface area contributed by atoms with Crippen LogP contribution in [0, 0.1) is 0 Å². The van der Waals surface area contributed by atoms with Crippen LogP contribution >= 0.6 is 0 Å². The summed E-state index contributed by atoms with van der Waals surface area (Å²) in [5, 5.41) is 20.8. The molecule has 2 aromatic carbocycles. The monoisotopic (exact) mass is 480 g/mol. The molecule has 0 amide bonds. The number of ketones is 2. The van der Waals surface area contributed by atoms with Gasteiger partial charge in [-0.1, -0.05) is 127 Å².